The van der Waals surface area contributed by atoms with E-state index in [2.05, 4.69) is 17.1 Å². The van der Waals surface area contributed by atoms with Crippen LogP contribution >= 0.6 is 0 Å². The molecule has 106 valence electrons. The van der Waals surface area contributed by atoms with Crippen LogP contribution in [0.1, 0.15) is 56.6 Å². The van der Waals surface area contributed by atoms with Gasteiger partial charge in [-0.1, -0.05) is 50.3 Å². The molecule has 1 aliphatic carbocycles. The smallest absolute Gasteiger partial charge is 0.0790 e. The van der Waals surface area contributed by atoms with Crippen molar-refractivity contribution in [3.63, 3.8) is 0 Å². The number of fused-ring (bicyclic) bond motifs is 1. The Bertz CT molecular complexity index is 560. The molecular weight excluding hydrogens is 246 g/mol. The molecule has 2 nitrogen and oxygen atoms in total. The van der Waals surface area contributed by atoms with E-state index in [1.54, 1.807) is 6.20 Å². The lowest BCUT2D eigenvalue weighted by molar-refractivity contribution is 0.151. The fourth-order valence-corrected chi connectivity index (χ4v) is 3.33. The van der Waals surface area contributed by atoms with Gasteiger partial charge in [0.15, 0.2) is 0 Å². The van der Waals surface area contributed by atoms with E-state index in [9.17, 15) is 5.11 Å². The zero-order chi connectivity index (χ0) is 13.8. The highest BCUT2D eigenvalue weighted by atomic mass is 16.3. The highest BCUT2D eigenvalue weighted by Gasteiger charge is 2.16. The molecule has 3 rings (SSSR count). The maximum atomic E-state index is 10.4. The Balaban J connectivity index is 1.64. The summed E-state index contributed by atoms with van der Waals surface area (Å²) in [6, 6.07) is 10.1. The molecule has 0 aliphatic heterocycles. The van der Waals surface area contributed by atoms with Gasteiger partial charge in [0.1, 0.15) is 0 Å². The molecular formula is C18H23NO. The molecule has 20 heavy (non-hydrogen) atoms. The molecule has 0 radical (unpaired) electrons. The van der Waals surface area contributed by atoms with Crippen molar-refractivity contribution in [2.45, 2.75) is 51.0 Å². The number of aromatic nitrogens is 1. The summed E-state index contributed by atoms with van der Waals surface area (Å²) in [6.45, 7) is 0. The Kier molecular flexibility index (Phi) is 4.31. The molecule has 2 aromatic rings. The predicted molar refractivity (Wildman–Crippen MR) is 82.5 cm³/mol. The van der Waals surface area contributed by atoms with Gasteiger partial charge in [-0.25, -0.2) is 0 Å². The van der Waals surface area contributed by atoms with E-state index in [4.69, 9.17) is 0 Å². The molecule has 0 amide bonds. The summed E-state index contributed by atoms with van der Waals surface area (Å²) >= 11 is 0. The van der Waals surface area contributed by atoms with Crippen molar-refractivity contribution in [3.8, 4) is 0 Å². The van der Waals surface area contributed by atoms with Crippen molar-refractivity contribution >= 4 is 10.9 Å². The first-order chi connectivity index (χ1) is 9.83. The van der Waals surface area contributed by atoms with Crippen molar-refractivity contribution in [1.29, 1.82) is 0 Å². The largest absolute Gasteiger partial charge is 0.388 e. The maximum absolute atomic E-state index is 10.4. The number of rotatable bonds is 4. The fraction of sp³-hybridized carbons (Fsp3) is 0.500. The van der Waals surface area contributed by atoms with E-state index in [1.165, 1.54) is 32.1 Å². The normalized spacial score (nSPS) is 18.2. The van der Waals surface area contributed by atoms with Crippen LogP contribution in [0.3, 0.4) is 0 Å². The third-order valence-electron chi connectivity index (χ3n) is 4.59. The molecule has 1 aliphatic rings. The highest BCUT2D eigenvalue weighted by molar-refractivity contribution is 5.78. The molecule has 1 unspecified atom stereocenters. The molecule has 1 fully saturated rings. The Hall–Kier alpha value is -1.41. The first-order valence-corrected chi connectivity index (χ1v) is 7.86. The molecule has 1 atom stereocenters. The average molecular weight is 269 g/mol. The summed E-state index contributed by atoms with van der Waals surface area (Å²) in [6.07, 6.45) is 10.3. The van der Waals surface area contributed by atoms with E-state index in [0.717, 1.165) is 35.2 Å². The van der Waals surface area contributed by atoms with Crippen LogP contribution in [0.25, 0.3) is 10.9 Å². The second-order valence-electron chi connectivity index (χ2n) is 6.05. The van der Waals surface area contributed by atoms with E-state index in [-0.39, 0.29) is 6.10 Å². The van der Waals surface area contributed by atoms with Gasteiger partial charge < -0.3 is 5.11 Å². The van der Waals surface area contributed by atoms with Crippen molar-refractivity contribution in [2.24, 2.45) is 5.92 Å². The van der Waals surface area contributed by atoms with Crippen molar-refractivity contribution in [2.75, 3.05) is 0 Å². The lowest BCUT2D eigenvalue weighted by Gasteiger charge is -2.22. The number of hydrogen-bond acceptors (Lipinski definition) is 2. The molecule has 0 spiro atoms. The SMILES string of the molecule is OC(CCC1CCCCC1)c1ccc2cccnc2c1. The van der Waals surface area contributed by atoms with Gasteiger partial charge in [-0.3, -0.25) is 4.98 Å². The fourth-order valence-electron chi connectivity index (χ4n) is 3.33. The van der Waals surface area contributed by atoms with E-state index >= 15 is 0 Å². The number of hydrogen-bond donors (Lipinski definition) is 1. The third-order valence-corrected chi connectivity index (χ3v) is 4.59. The van der Waals surface area contributed by atoms with Crippen LogP contribution in [0, 0.1) is 5.92 Å². The minimum absolute atomic E-state index is 0.344. The molecule has 1 aromatic heterocycles. The van der Waals surface area contributed by atoms with Gasteiger partial charge in [-0.15, -0.1) is 0 Å². The third kappa shape index (κ3) is 3.18. The predicted octanol–water partition coefficient (Wildman–Crippen LogP) is 4.63. The van der Waals surface area contributed by atoms with E-state index < -0.39 is 0 Å². The van der Waals surface area contributed by atoms with Gasteiger partial charge in [0.2, 0.25) is 0 Å². The number of nitrogens with zero attached hydrogens (tertiary/aromatic N) is 1. The van der Waals surface area contributed by atoms with Crippen LogP contribution in [-0.4, -0.2) is 10.1 Å². The zero-order valence-corrected chi connectivity index (χ0v) is 12.0. The van der Waals surface area contributed by atoms with E-state index in [0.29, 0.717) is 0 Å². The topological polar surface area (TPSA) is 33.1 Å². The molecule has 2 heteroatoms. The maximum Gasteiger partial charge on any atom is 0.0790 e. The second-order valence-corrected chi connectivity index (χ2v) is 6.05. The molecule has 1 heterocycles. The van der Waals surface area contributed by atoms with Crippen molar-refractivity contribution in [1.82, 2.24) is 4.98 Å². The summed E-state index contributed by atoms with van der Waals surface area (Å²) in [5.74, 6) is 0.831. The van der Waals surface area contributed by atoms with E-state index in [1.807, 2.05) is 18.2 Å². The first-order valence-electron chi connectivity index (χ1n) is 7.86. The standard InChI is InChI=1S/C18H23NO/c20-18(11-8-14-5-2-1-3-6-14)16-10-9-15-7-4-12-19-17(15)13-16/h4,7,9-10,12-14,18,20H,1-3,5-6,8,11H2. The summed E-state index contributed by atoms with van der Waals surface area (Å²) in [4.78, 5) is 4.36. The molecule has 1 N–H and O–H groups in total. The average Bonchev–Trinajstić information content (AvgIpc) is 2.53. The highest BCUT2D eigenvalue weighted by Crippen LogP contribution is 2.30. The van der Waals surface area contributed by atoms with Gasteiger partial charge in [0.25, 0.3) is 0 Å². The quantitative estimate of drug-likeness (QED) is 0.878. The van der Waals surface area contributed by atoms with Gasteiger partial charge in [-0.2, -0.15) is 0 Å². The Labute approximate surface area is 120 Å². The van der Waals surface area contributed by atoms with Crippen molar-refractivity contribution < 1.29 is 5.11 Å². The van der Waals surface area contributed by atoms with Crippen LogP contribution in [0.4, 0.5) is 0 Å². The Morgan fingerprint density at radius 2 is 2.00 bits per heavy atom. The van der Waals surface area contributed by atoms with Gasteiger partial charge in [0, 0.05) is 11.6 Å². The first kappa shape index (κ1) is 13.6. The molecule has 0 saturated heterocycles. The summed E-state index contributed by atoms with van der Waals surface area (Å²) in [7, 11) is 0. The van der Waals surface area contributed by atoms with Gasteiger partial charge in [-0.05, 0) is 36.5 Å². The molecule has 1 saturated carbocycles. The van der Waals surface area contributed by atoms with Crippen LogP contribution in [0.2, 0.25) is 0 Å². The summed E-state index contributed by atoms with van der Waals surface area (Å²) in [5, 5.41) is 11.5. The van der Waals surface area contributed by atoms with Crippen LogP contribution < -0.4 is 0 Å². The number of aliphatic hydroxyl groups is 1. The molecule has 1 aromatic carbocycles. The second kappa shape index (κ2) is 6.36. The number of benzene rings is 1. The summed E-state index contributed by atoms with van der Waals surface area (Å²) in [5.41, 5.74) is 1.98. The summed E-state index contributed by atoms with van der Waals surface area (Å²) < 4.78 is 0. The van der Waals surface area contributed by atoms with Crippen LogP contribution in [0.5, 0.6) is 0 Å². The zero-order valence-electron chi connectivity index (χ0n) is 12.0. The lowest BCUT2D eigenvalue weighted by Crippen LogP contribution is -2.08. The Morgan fingerprint density at radius 3 is 2.85 bits per heavy atom. The number of aliphatic hydroxyl groups excluding tert-OH is 1. The Morgan fingerprint density at radius 1 is 1.15 bits per heavy atom. The monoisotopic (exact) mass is 269 g/mol. The molecule has 0 bridgehead atoms. The van der Waals surface area contributed by atoms with Gasteiger partial charge >= 0.3 is 0 Å². The van der Waals surface area contributed by atoms with Crippen molar-refractivity contribution in [3.05, 3.63) is 42.1 Å². The van der Waals surface area contributed by atoms with Crippen LogP contribution in [0.15, 0.2) is 36.5 Å². The van der Waals surface area contributed by atoms with Crippen LogP contribution in [-0.2, 0) is 0 Å². The minimum atomic E-state index is -0.344. The van der Waals surface area contributed by atoms with Gasteiger partial charge in [0.05, 0.1) is 11.6 Å². The lowest BCUT2D eigenvalue weighted by atomic mass is 9.85. The minimum Gasteiger partial charge on any atom is -0.388 e. The number of pyridine rings is 1.